The molecule has 2 amide bonds. The van der Waals surface area contributed by atoms with Crippen LogP contribution >= 0.6 is 11.6 Å². The molecule has 1 unspecified atom stereocenters. The van der Waals surface area contributed by atoms with E-state index in [0.29, 0.717) is 23.7 Å². The Balaban J connectivity index is 1.95. The van der Waals surface area contributed by atoms with E-state index in [2.05, 4.69) is 10.6 Å². The van der Waals surface area contributed by atoms with Gasteiger partial charge < -0.3 is 15.7 Å². The second kappa shape index (κ2) is 8.56. The van der Waals surface area contributed by atoms with Crippen LogP contribution in [-0.2, 0) is 0 Å². The molecule has 0 heterocycles. The Morgan fingerprint density at radius 2 is 1.91 bits per heavy atom. The van der Waals surface area contributed by atoms with E-state index in [4.69, 9.17) is 11.6 Å². The van der Waals surface area contributed by atoms with Gasteiger partial charge in [-0.05, 0) is 30.5 Å². The molecule has 0 bridgehead atoms. The highest BCUT2D eigenvalue weighted by atomic mass is 35.5. The number of rotatable bonds is 6. The highest BCUT2D eigenvalue weighted by molar-refractivity contribution is 6.34. The zero-order valence-electron chi connectivity index (χ0n) is 13.1. The molecule has 3 N–H and O–H groups in total. The molecule has 0 aliphatic heterocycles. The van der Waals surface area contributed by atoms with Crippen molar-refractivity contribution in [1.82, 2.24) is 5.32 Å². The van der Waals surface area contributed by atoms with Crippen molar-refractivity contribution in [3.63, 3.8) is 0 Å². The lowest BCUT2D eigenvalue weighted by molar-refractivity contribution is 0.248. The summed E-state index contributed by atoms with van der Waals surface area (Å²) < 4.78 is 0. The van der Waals surface area contributed by atoms with Crippen molar-refractivity contribution >= 4 is 23.3 Å². The highest BCUT2D eigenvalue weighted by Crippen LogP contribution is 2.25. The molecule has 2 aromatic rings. The minimum absolute atomic E-state index is 0.0694. The lowest BCUT2D eigenvalue weighted by Gasteiger charge is -2.17. The molecular formula is C18H21ClN2O2. The van der Waals surface area contributed by atoms with Crippen molar-refractivity contribution in [2.75, 3.05) is 18.5 Å². The maximum absolute atomic E-state index is 12.1. The fraction of sp³-hybridized carbons (Fsp3) is 0.278. The Bertz CT molecular complexity index is 647. The van der Waals surface area contributed by atoms with Crippen LogP contribution in [0.2, 0.25) is 5.02 Å². The van der Waals surface area contributed by atoms with E-state index >= 15 is 0 Å². The van der Waals surface area contributed by atoms with Gasteiger partial charge in [0.25, 0.3) is 0 Å². The van der Waals surface area contributed by atoms with Gasteiger partial charge in [0.1, 0.15) is 0 Å². The van der Waals surface area contributed by atoms with Crippen LogP contribution < -0.4 is 10.6 Å². The number of urea groups is 1. The van der Waals surface area contributed by atoms with Crippen molar-refractivity contribution in [3.8, 4) is 0 Å². The van der Waals surface area contributed by atoms with Gasteiger partial charge in [-0.25, -0.2) is 4.79 Å². The first kappa shape index (κ1) is 17.3. The zero-order chi connectivity index (χ0) is 16.7. The van der Waals surface area contributed by atoms with E-state index in [1.807, 2.05) is 49.4 Å². The van der Waals surface area contributed by atoms with Crippen LogP contribution in [0.3, 0.4) is 0 Å². The average Bonchev–Trinajstić information content (AvgIpc) is 2.56. The molecule has 2 rings (SSSR count). The molecule has 1 atom stereocenters. The molecule has 0 radical (unpaired) electrons. The Morgan fingerprint density at radius 3 is 2.61 bits per heavy atom. The molecule has 0 saturated carbocycles. The Labute approximate surface area is 141 Å². The third-order valence-corrected chi connectivity index (χ3v) is 4.20. The molecule has 0 spiro atoms. The number of nitrogens with one attached hydrogen (secondary N) is 2. The normalized spacial score (nSPS) is 11.8. The summed E-state index contributed by atoms with van der Waals surface area (Å²) in [5.74, 6) is 0.0694. The van der Waals surface area contributed by atoms with Crippen molar-refractivity contribution in [2.45, 2.75) is 19.3 Å². The molecule has 0 saturated heterocycles. The molecule has 4 nitrogen and oxygen atoms in total. The van der Waals surface area contributed by atoms with Crippen molar-refractivity contribution in [1.29, 1.82) is 0 Å². The van der Waals surface area contributed by atoms with Crippen molar-refractivity contribution in [3.05, 3.63) is 64.7 Å². The highest BCUT2D eigenvalue weighted by Gasteiger charge is 2.13. The molecular weight excluding hydrogens is 312 g/mol. The average molecular weight is 333 g/mol. The summed E-state index contributed by atoms with van der Waals surface area (Å²) in [6.45, 7) is 2.41. The summed E-state index contributed by atoms with van der Waals surface area (Å²) in [6, 6.07) is 15.0. The number of amides is 2. The monoisotopic (exact) mass is 332 g/mol. The van der Waals surface area contributed by atoms with E-state index in [0.717, 1.165) is 11.1 Å². The van der Waals surface area contributed by atoms with Gasteiger partial charge in [0.15, 0.2) is 0 Å². The van der Waals surface area contributed by atoms with E-state index in [1.54, 1.807) is 6.07 Å². The van der Waals surface area contributed by atoms with E-state index < -0.39 is 0 Å². The number of aryl methyl sites for hydroxylation is 1. The minimum atomic E-state index is -0.309. The van der Waals surface area contributed by atoms with Crippen LogP contribution in [0.15, 0.2) is 48.5 Å². The van der Waals surface area contributed by atoms with Gasteiger partial charge in [0.2, 0.25) is 0 Å². The second-order valence-electron chi connectivity index (χ2n) is 5.39. The SMILES string of the molecule is Cc1cccc(NC(=O)NCC(CCO)c2ccccc2)c1Cl. The minimum Gasteiger partial charge on any atom is -0.396 e. The number of carbonyl (C=O) groups is 1. The quantitative estimate of drug-likeness (QED) is 0.750. The van der Waals surface area contributed by atoms with Gasteiger partial charge in [-0.15, -0.1) is 0 Å². The Kier molecular flexibility index (Phi) is 6.44. The van der Waals surface area contributed by atoms with Gasteiger partial charge in [-0.3, -0.25) is 0 Å². The molecule has 0 fully saturated rings. The fourth-order valence-corrected chi connectivity index (χ4v) is 2.57. The largest absolute Gasteiger partial charge is 0.396 e. The zero-order valence-corrected chi connectivity index (χ0v) is 13.8. The first-order valence-corrected chi connectivity index (χ1v) is 7.95. The Morgan fingerprint density at radius 1 is 1.17 bits per heavy atom. The van der Waals surface area contributed by atoms with Crippen LogP contribution in [-0.4, -0.2) is 24.3 Å². The van der Waals surface area contributed by atoms with Crippen LogP contribution in [0.5, 0.6) is 0 Å². The number of anilines is 1. The predicted octanol–water partition coefficient (Wildman–Crippen LogP) is 3.94. The van der Waals surface area contributed by atoms with Crippen LogP contribution in [0.25, 0.3) is 0 Å². The van der Waals surface area contributed by atoms with Crippen molar-refractivity contribution in [2.24, 2.45) is 0 Å². The lowest BCUT2D eigenvalue weighted by atomic mass is 9.96. The summed E-state index contributed by atoms with van der Waals surface area (Å²) in [6.07, 6.45) is 0.593. The van der Waals surface area contributed by atoms with Crippen LogP contribution in [0.4, 0.5) is 10.5 Å². The first-order chi connectivity index (χ1) is 11.1. The summed E-state index contributed by atoms with van der Waals surface area (Å²) in [7, 11) is 0. The van der Waals surface area contributed by atoms with Gasteiger partial charge in [0.05, 0.1) is 10.7 Å². The third-order valence-electron chi connectivity index (χ3n) is 3.70. The Hall–Kier alpha value is -2.04. The first-order valence-electron chi connectivity index (χ1n) is 7.57. The lowest BCUT2D eigenvalue weighted by Crippen LogP contribution is -2.32. The molecule has 0 aromatic heterocycles. The smallest absolute Gasteiger partial charge is 0.319 e. The van der Waals surface area contributed by atoms with E-state index in [-0.39, 0.29) is 18.6 Å². The van der Waals surface area contributed by atoms with Crippen LogP contribution in [0.1, 0.15) is 23.5 Å². The standard InChI is InChI=1S/C18H21ClN2O2/c1-13-6-5-9-16(17(13)19)21-18(23)20-12-15(10-11-22)14-7-3-2-4-8-14/h2-9,15,22H,10-12H2,1H3,(H2,20,21,23). The third kappa shape index (κ3) is 4.98. The number of carbonyl (C=O) groups excluding carboxylic acids is 1. The summed E-state index contributed by atoms with van der Waals surface area (Å²) >= 11 is 6.17. The van der Waals surface area contributed by atoms with Crippen molar-refractivity contribution < 1.29 is 9.90 Å². The van der Waals surface area contributed by atoms with E-state index in [1.165, 1.54) is 0 Å². The molecule has 0 aliphatic rings. The maximum atomic E-state index is 12.1. The van der Waals surface area contributed by atoms with Gasteiger partial charge in [0, 0.05) is 19.1 Å². The van der Waals surface area contributed by atoms with Gasteiger partial charge >= 0.3 is 6.03 Å². The number of hydrogen-bond donors (Lipinski definition) is 3. The molecule has 23 heavy (non-hydrogen) atoms. The number of aliphatic hydroxyl groups excluding tert-OH is 1. The maximum Gasteiger partial charge on any atom is 0.319 e. The summed E-state index contributed by atoms with van der Waals surface area (Å²) in [5.41, 5.74) is 2.59. The number of aliphatic hydroxyl groups is 1. The predicted molar refractivity (Wildman–Crippen MR) is 94.1 cm³/mol. The van der Waals surface area contributed by atoms with Gasteiger partial charge in [-0.1, -0.05) is 54.1 Å². The van der Waals surface area contributed by atoms with E-state index in [9.17, 15) is 9.90 Å². The van der Waals surface area contributed by atoms with Crippen LogP contribution in [0, 0.1) is 6.92 Å². The molecule has 5 heteroatoms. The molecule has 2 aromatic carbocycles. The molecule has 0 aliphatic carbocycles. The topological polar surface area (TPSA) is 61.4 Å². The summed E-state index contributed by atoms with van der Waals surface area (Å²) in [5, 5.41) is 15.4. The molecule has 122 valence electrons. The number of halogens is 1. The number of hydrogen-bond acceptors (Lipinski definition) is 2. The van der Waals surface area contributed by atoms with Gasteiger partial charge in [-0.2, -0.15) is 0 Å². The summed E-state index contributed by atoms with van der Waals surface area (Å²) in [4.78, 5) is 12.1. The second-order valence-corrected chi connectivity index (χ2v) is 5.77. The fourth-order valence-electron chi connectivity index (χ4n) is 2.39. The number of benzene rings is 2.